The van der Waals surface area contributed by atoms with Gasteiger partial charge in [-0.1, -0.05) is 36.9 Å². The van der Waals surface area contributed by atoms with Gasteiger partial charge >= 0.3 is 6.03 Å². The highest BCUT2D eigenvalue weighted by molar-refractivity contribution is 5.90. The molecule has 1 aliphatic rings. The van der Waals surface area contributed by atoms with Gasteiger partial charge in [0.2, 0.25) is 0 Å². The number of amides is 2. The SMILES string of the molecule is C=C1C=C(c2ccc([IH+])cc2)N(C)C(=O)N1Cc1ccccc1. The summed E-state index contributed by atoms with van der Waals surface area (Å²) in [5.41, 5.74) is 3.70. The molecule has 23 heavy (non-hydrogen) atoms. The highest BCUT2D eigenvalue weighted by Crippen LogP contribution is 2.28. The molecule has 1 heterocycles. The molecule has 4 heteroatoms. The van der Waals surface area contributed by atoms with Crippen LogP contribution in [0.1, 0.15) is 11.1 Å². The van der Waals surface area contributed by atoms with E-state index in [0.29, 0.717) is 12.2 Å². The van der Waals surface area contributed by atoms with E-state index in [9.17, 15) is 4.79 Å². The smallest absolute Gasteiger partial charge is 0.296 e. The molecule has 0 unspecified atom stereocenters. The molecule has 0 atom stereocenters. The Kier molecular flexibility index (Phi) is 4.52. The van der Waals surface area contributed by atoms with E-state index in [1.165, 1.54) is 3.57 Å². The van der Waals surface area contributed by atoms with Crippen molar-refractivity contribution in [2.75, 3.05) is 7.05 Å². The van der Waals surface area contributed by atoms with Gasteiger partial charge in [0.15, 0.2) is 3.57 Å². The molecule has 0 spiro atoms. The zero-order valence-corrected chi connectivity index (χ0v) is 15.2. The molecule has 0 saturated carbocycles. The number of benzene rings is 2. The largest absolute Gasteiger partial charge is 0.329 e. The molecule has 3 nitrogen and oxygen atoms in total. The summed E-state index contributed by atoms with van der Waals surface area (Å²) in [5, 5.41) is 0. The van der Waals surface area contributed by atoms with Gasteiger partial charge in [0.25, 0.3) is 22.6 Å². The van der Waals surface area contributed by atoms with Crippen molar-refractivity contribution in [1.29, 1.82) is 0 Å². The van der Waals surface area contributed by atoms with Crippen molar-refractivity contribution in [3.8, 4) is 0 Å². The average Bonchev–Trinajstić information content (AvgIpc) is 2.57. The molecule has 0 bridgehead atoms. The van der Waals surface area contributed by atoms with E-state index < -0.39 is 0 Å². The number of rotatable bonds is 3. The Hall–Kier alpha value is -2.08. The molecular weight excluding hydrogens is 399 g/mol. The molecule has 0 fully saturated rings. The van der Waals surface area contributed by atoms with E-state index in [-0.39, 0.29) is 6.03 Å². The van der Waals surface area contributed by atoms with Crippen molar-refractivity contribution in [3.05, 3.63) is 87.6 Å². The van der Waals surface area contributed by atoms with Crippen LogP contribution in [-0.4, -0.2) is 22.9 Å². The molecule has 0 aliphatic carbocycles. The molecule has 116 valence electrons. The van der Waals surface area contributed by atoms with Gasteiger partial charge in [0, 0.05) is 12.7 Å². The third-order valence-corrected chi connectivity index (χ3v) is 4.64. The van der Waals surface area contributed by atoms with Crippen molar-refractivity contribution in [2.45, 2.75) is 6.54 Å². The summed E-state index contributed by atoms with van der Waals surface area (Å²) in [7, 11) is 1.80. The maximum absolute atomic E-state index is 12.7. The maximum atomic E-state index is 12.7. The van der Waals surface area contributed by atoms with E-state index in [4.69, 9.17) is 0 Å². The molecular formula is C19H18IN2O+. The van der Waals surface area contributed by atoms with Gasteiger partial charge in [0.1, 0.15) is 0 Å². The Balaban J connectivity index is 1.89. The summed E-state index contributed by atoms with van der Waals surface area (Å²) >= 11 is 1.98. The fraction of sp³-hybridized carbons (Fsp3) is 0.105. The molecule has 2 amide bonds. The molecule has 2 aromatic carbocycles. The summed E-state index contributed by atoms with van der Waals surface area (Å²) in [6.45, 7) is 4.60. The number of allylic oxidation sites excluding steroid dienone is 1. The highest BCUT2D eigenvalue weighted by atomic mass is 127. The third-order valence-electron chi connectivity index (χ3n) is 3.86. The third kappa shape index (κ3) is 3.32. The molecule has 0 N–H and O–H groups in total. The van der Waals surface area contributed by atoms with Crippen LogP contribution < -0.4 is 22.6 Å². The minimum atomic E-state index is -0.0578. The molecule has 1 aliphatic heterocycles. The fourth-order valence-corrected chi connectivity index (χ4v) is 2.97. The first-order valence-electron chi connectivity index (χ1n) is 7.33. The van der Waals surface area contributed by atoms with Crippen LogP contribution in [0.5, 0.6) is 0 Å². The number of carbonyl (C=O) groups excluding carboxylic acids is 1. The topological polar surface area (TPSA) is 23.6 Å². The van der Waals surface area contributed by atoms with Crippen molar-refractivity contribution >= 4 is 11.7 Å². The molecule has 0 saturated heterocycles. The van der Waals surface area contributed by atoms with Crippen LogP contribution in [0.4, 0.5) is 4.79 Å². The van der Waals surface area contributed by atoms with E-state index in [0.717, 1.165) is 16.8 Å². The second-order valence-electron chi connectivity index (χ2n) is 5.46. The Morgan fingerprint density at radius 3 is 2.35 bits per heavy atom. The van der Waals surface area contributed by atoms with Crippen LogP contribution in [0, 0.1) is 3.57 Å². The number of carbonyl (C=O) groups is 1. The minimum absolute atomic E-state index is 0.0578. The van der Waals surface area contributed by atoms with Crippen LogP contribution in [0.25, 0.3) is 5.70 Å². The van der Waals surface area contributed by atoms with E-state index >= 15 is 0 Å². The maximum Gasteiger partial charge on any atom is 0.329 e. The lowest BCUT2D eigenvalue weighted by Gasteiger charge is -2.35. The van der Waals surface area contributed by atoms with Crippen LogP contribution >= 0.6 is 0 Å². The predicted molar refractivity (Wildman–Crippen MR) is 88.8 cm³/mol. The molecule has 2 aromatic rings. The highest BCUT2D eigenvalue weighted by Gasteiger charge is 2.28. The second kappa shape index (κ2) is 6.58. The predicted octanol–water partition coefficient (Wildman–Crippen LogP) is 0.564. The fourth-order valence-electron chi connectivity index (χ4n) is 2.58. The molecule has 3 rings (SSSR count). The van der Waals surface area contributed by atoms with Gasteiger partial charge in [-0.2, -0.15) is 0 Å². The average molecular weight is 417 g/mol. The molecule has 0 radical (unpaired) electrons. The second-order valence-corrected chi connectivity index (χ2v) is 6.80. The first kappa shape index (κ1) is 15.8. The summed E-state index contributed by atoms with van der Waals surface area (Å²) in [6.07, 6.45) is 1.97. The quantitative estimate of drug-likeness (QED) is 0.670. The minimum Gasteiger partial charge on any atom is -0.296 e. The van der Waals surface area contributed by atoms with E-state index in [2.05, 4.69) is 18.7 Å². The standard InChI is InChI=1S/C19H18IN2O/c1-14-12-18(16-8-10-17(20)11-9-16)21(2)19(23)22(14)13-15-6-4-3-5-7-15/h3-12,20H,1,13H2,2H3/q+1. The lowest BCUT2D eigenvalue weighted by Crippen LogP contribution is -3.34. The van der Waals surface area contributed by atoms with Crippen molar-refractivity contribution < 1.29 is 27.4 Å². The summed E-state index contributed by atoms with van der Waals surface area (Å²) in [4.78, 5) is 16.1. The number of urea groups is 1. The van der Waals surface area contributed by atoms with Gasteiger partial charge in [-0.15, -0.1) is 0 Å². The van der Waals surface area contributed by atoms with Crippen LogP contribution in [0.3, 0.4) is 0 Å². The summed E-state index contributed by atoms with van der Waals surface area (Å²) < 4.78 is 1.21. The van der Waals surface area contributed by atoms with Gasteiger partial charge in [-0.25, -0.2) is 4.79 Å². The zero-order valence-electron chi connectivity index (χ0n) is 12.9. The van der Waals surface area contributed by atoms with Crippen molar-refractivity contribution in [1.82, 2.24) is 9.80 Å². The van der Waals surface area contributed by atoms with Gasteiger partial charge in [-0.05, 0) is 41.5 Å². The lowest BCUT2D eigenvalue weighted by molar-refractivity contribution is -0.328. The van der Waals surface area contributed by atoms with Crippen LogP contribution in [0.15, 0.2) is 72.9 Å². The van der Waals surface area contributed by atoms with Crippen molar-refractivity contribution in [3.63, 3.8) is 0 Å². The first-order chi connectivity index (χ1) is 11.1. The Labute approximate surface area is 150 Å². The Bertz CT molecular complexity index is 766. The Morgan fingerprint density at radius 2 is 1.70 bits per heavy atom. The first-order valence-corrected chi connectivity index (χ1v) is 8.50. The summed E-state index contributed by atoms with van der Waals surface area (Å²) in [6, 6.07) is 18.1. The molecule has 0 aromatic heterocycles. The van der Waals surface area contributed by atoms with E-state index in [1.54, 1.807) is 16.8 Å². The van der Waals surface area contributed by atoms with Gasteiger partial charge < -0.3 is 0 Å². The number of halogens is 1. The van der Waals surface area contributed by atoms with Crippen LogP contribution in [-0.2, 0) is 6.54 Å². The zero-order chi connectivity index (χ0) is 16.4. The normalized spacial score (nSPS) is 15.0. The number of hydrogen-bond donors (Lipinski definition) is 0. The monoisotopic (exact) mass is 417 g/mol. The Morgan fingerprint density at radius 1 is 1.04 bits per heavy atom. The summed E-state index contributed by atoms with van der Waals surface area (Å²) in [5.74, 6) is 0. The lowest BCUT2D eigenvalue weighted by atomic mass is 10.1. The van der Waals surface area contributed by atoms with Crippen LogP contribution in [0.2, 0.25) is 0 Å². The van der Waals surface area contributed by atoms with E-state index in [1.807, 2.05) is 71.1 Å². The van der Waals surface area contributed by atoms with Gasteiger partial charge in [0.05, 0.1) is 12.2 Å². The van der Waals surface area contributed by atoms with Crippen molar-refractivity contribution in [2.24, 2.45) is 0 Å². The number of nitrogens with zero attached hydrogens (tertiary/aromatic N) is 2. The number of hydrogen-bond acceptors (Lipinski definition) is 1. The van der Waals surface area contributed by atoms with Gasteiger partial charge in [-0.3, -0.25) is 9.80 Å².